The molecule has 21 heavy (non-hydrogen) atoms. The highest BCUT2D eigenvalue weighted by atomic mass is 16.1. The highest BCUT2D eigenvalue weighted by Crippen LogP contribution is 2.32. The minimum Gasteiger partial charge on any atom is -0.294 e. The summed E-state index contributed by atoms with van der Waals surface area (Å²) in [4.78, 5) is 24.0. The molecular formula is C19H26O2. The molecule has 0 bridgehead atoms. The van der Waals surface area contributed by atoms with Gasteiger partial charge in [0.05, 0.1) is 0 Å². The molecule has 0 heterocycles. The zero-order valence-electron chi connectivity index (χ0n) is 13.2. The number of rotatable bonds is 6. The van der Waals surface area contributed by atoms with Gasteiger partial charge in [0.1, 0.15) is 0 Å². The molecule has 0 saturated heterocycles. The number of carbonyl (C=O) groups excluding carboxylic acids is 2. The van der Waals surface area contributed by atoms with Crippen molar-refractivity contribution in [3.63, 3.8) is 0 Å². The summed E-state index contributed by atoms with van der Waals surface area (Å²) in [6.45, 7) is 3.80. The van der Waals surface area contributed by atoms with Crippen LogP contribution in [0.15, 0.2) is 24.3 Å². The Labute approximate surface area is 127 Å². The van der Waals surface area contributed by atoms with Crippen LogP contribution in [0.2, 0.25) is 0 Å². The molecule has 0 amide bonds. The first kappa shape index (κ1) is 15.9. The first-order valence-electron chi connectivity index (χ1n) is 8.22. The maximum absolute atomic E-state index is 12.4. The van der Waals surface area contributed by atoms with Gasteiger partial charge in [0.25, 0.3) is 0 Å². The van der Waals surface area contributed by atoms with Crippen molar-refractivity contribution in [1.82, 2.24) is 0 Å². The quantitative estimate of drug-likeness (QED) is 0.684. The van der Waals surface area contributed by atoms with Crippen molar-refractivity contribution >= 4 is 11.6 Å². The van der Waals surface area contributed by atoms with E-state index in [1.54, 1.807) is 12.1 Å². The molecule has 2 rings (SSSR count). The van der Waals surface area contributed by atoms with Crippen LogP contribution < -0.4 is 0 Å². The first-order chi connectivity index (χ1) is 10.1. The van der Waals surface area contributed by atoms with E-state index in [0.29, 0.717) is 23.5 Å². The summed E-state index contributed by atoms with van der Waals surface area (Å²) in [5.74, 6) is 1.48. The molecule has 1 aliphatic carbocycles. The third kappa shape index (κ3) is 4.26. The van der Waals surface area contributed by atoms with E-state index in [4.69, 9.17) is 0 Å². The van der Waals surface area contributed by atoms with E-state index in [1.165, 1.54) is 39.0 Å². The van der Waals surface area contributed by atoms with Crippen molar-refractivity contribution in [3.05, 3.63) is 35.4 Å². The first-order valence-corrected chi connectivity index (χ1v) is 8.22. The summed E-state index contributed by atoms with van der Waals surface area (Å²) >= 11 is 0. The van der Waals surface area contributed by atoms with Gasteiger partial charge >= 0.3 is 0 Å². The number of hydrogen-bond acceptors (Lipinski definition) is 2. The van der Waals surface area contributed by atoms with Crippen LogP contribution in [-0.2, 0) is 0 Å². The Bertz CT molecular complexity index is 498. The lowest BCUT2D eigenvalue weighted by molar-refractivity contribution is 0.0950. The fourth-order valence-corrected chi connectivity index (χ4v) is 3.47. The molecule has 0 spiro atoms. The van der Waals surface area contributed by atoms with E-state index >= 15 is 0 Å². The molecular weight excluding hydrogens is 260 g/mol. The zero-order valence-corrected chi connectivity index (χ0v) is 13.2. The second-order valence-electron chi connectivity index (χ2n) is 6.44. The molecule has 0 aromatic heterocycles. The maximum atomic E-state index is 12.4. The van der Waals surface area contributed by atoms with Crippen LogP contribution in [0.1, 0.15) is 79.5 Å². The fraction of sp³-hybridized carbons (Fsp3) is 0.579. The van der Waals surface area contributed by atoms with Crippen molar-refractivity contribution in [2.24, 2.45) is 11.8 Å². The van der Waals surface area contributed by atoms with E-state index in [0.717, 1.165) is 12.3 Å². The van der Waals surface area contributed by atoms with E-state index in [2.05, 4.69) is 6.92 Å². The number of Topliss-reactive ketones (excluding diaryl/α,β-unsaturated/α-hetero) is 2. The molecule has 1 aliphatic rings. The van der Waals surface area contributed by atoms with Gasteiger partial charge < -0.3 is 0 Å². The molecule has 1 atom stereocenters. The lowest BCUT2D eigenvalue weighted by Gasteiger charge is -2.27. The Morgan fingerprint density at radius 3 is 2.33 bits per heavy atom. The van der Waals surface area contributed by atoms with Gasteiger partial charge in [-0.1, -0.05) is 63.3 Å². The number of hydrogen-bond donors (Lipinski definition) is 0. The second kappa shape index (κ2) is 7.53. The average Bonchev–Trinajstić information content (AvgIpc) is 2.53. The van der Waals surface area contributed by atoms with Crippen molar-refractivity contribution in [2.45, 2.75) is 58.8 Å². The summed E-state index contributed by atoms with van der Waals surface area (Å²) in [7, 11) is 0. The SMILES string of the molecule is CC(=O)c1ccccc1C(=O)CCC(C)C1CCCCC1. The standard InChI is InChI=1S/C19H26O2/c1-14(16-8-4-3-5-9-16)12-13-19(21)18-11-7-6-10-17(18)15(2)20/h6-7,10-11,14,16H,3-5,8-9,12-13H2,1-2H3. The fourth-order valence-electron chi connectivity index (χ4n) is 3.47. The van der Waals surface area contributed by atoms with Crippen LogP contribution in [-0.4, -0.2) is 11.6 Å². The van der Waals surface area contributed by atoms with E-state index in [9.17, 15) is 9.59 Å². The predicted molar refractivity (Wildman–Crippen MR) is 85.8 cm³/mol. The molecule has 1 aromatic rings. The highest BCUT2D eigenvalue weighted by Gasteiger charge is 2.21. The van der Waals surface area contributed by atoms with Crippen LogP contribution in [0.5, 0.6) is 0 Å². The minimum atomic E-state index is -0.0284. The smallest absolute Gasteiger partial charge is 0.163 e. The molecule has 2 heteroatoms. The maximum Gasteiger partial charge on any atom is 0.163 e. The molecule has 2 nitrogen and oxygen atoms in total. The molecule has 1 fully saturated rings. The minimum absolute atomic E-state index is 0.0284. The Morgan fingerprint density at radius 1 is 1.10 bits per heavy atom. The zero-order chi connectivity index (χ0) is 15.2. The van der Waals surface area contributed by atoms with Gasteiger partial charge in [0, 0.05) is 17.5 Å². The van der Waals surface area contributed by atoms with Gasteiger partial charge in [-0.25, -0.2) is 0 Å². The number of benzene rings is 1. The Hall–Kier alpha value is -1.44. The summed E-state index contributed by atoms with van der Waals surface area (Å²) in [5, 5.41) is 0. The Kier molecular flexibility index (Phi) is 5.72. The second-order valence-corrected chi connectivity index (χ2v) is 6.44. The van der Waals surface area contributed by atoms with Gasteiger partial charge in [-0.3, -0.25) is 9.59 Å². The highest BCUT2D eigenvalue weighted by molar-refractivity contribution is 6.07. The van der Waals surface area contributed by atoms with Crippen molar-refractivity contribution in [2.75, 3.05) is 0 Å². The van der Waals surface area contributed by atoms with Crippen LogP contribution in [0.4, 0.5) is 0 Å². The molecule has 1 saturated carbocycles. The molecule has 114 valence electrons. The molecule has 1 unspecified atom stereocenters. The monoisotopic (exact) mass is 286 g/mol. The molecule has 0 aliphatic heterocycles. The lowest BCUT2D eigenvalue weighted by Crippen LogP contribution is -2.17. The van der Waals surface area contributed by atoms with Gasteiger partial charge in [-0.2, -0.15) is 0 Å². The third-order valence-electron chi connectivity index (χ3n) is 4.89. The normalized spacial score (nSPS) is 17.4. The summed E-state index contributed by atoms with van der Waals surface area (Å²) in [5.41, 5.74) is 1.16. The van der Waals surface area contributed by atoms with E-state index in [-0.39, 0.29) is 11.6 Å². The predicted octanol–water partition coefficient (Wildman–Crippen LogP) is 5.07. The summed E-state index contributed by atoms with van der Waals surface area (Å²) < 4.78 is 0. The van der Waals surface area contributed by atoms with Gasteiger partial charge in [-0.05, 0) is 25.2 Å². The van der Waals surface area contributed by atoms with Crippen molar-refractivity contribution < 1.29 is 9.59 Å². The lowest BCUT2D eigenvalue weighted by atomic mass is 9.78. The van der Waals surface area contributed by atoms with Crippen LogP contribution in [0, 0.1) is 11.8 Å². The van der Waals surface area contributed by atoms with Crippen molar-refractivity contribution in [1.29, 1.82) is 0 Å². The Morgan fingerprint density at radius 2 is 1.71 bits per heavy atom. The van der Waals surface area contributed by atoms with Crippen LogP contribution in [0.3, 0.4) is 0 Å². The van der Waals surface area contributed by atoms with Gasteiger partial charge in [-0.15, -0.1) is 0 Å². The van der Waals surface area contributed by atoms with Crippen LogP contribution >= 0.6 is 0 Å². The number of carbonyl (C=O) groups is 2. The van der Waals surface area contributed by atoms with Crippen LogP contribution in [0.25, 0.3) is 0 Å². The van der Waals surface area contributed by atoms with Crippen molar-refractivity contribution in [3.8, 4) is 0 Å². The third-order valence-corrected chi connectivity index (χ3v) is 4.89. The molecule has 1 aromatic carbocycles. The molecule has 0 radical (unpaired) electrons. The topological polar surface area (TPSA) is 34.1 Å². The van der Waals surface area contributed by atoms with E-state index in [1.807, 2.05) is 12.1 Å². The number of ketones is 2. The molecule has 0 N–H and O–H groups in total. The largest absolute Gasteiger partial charge is 0.294 e. The summed E-state index contributed by atoms with van der Waals surface area (Å²) in [6, 6.07) is 7.19. The summed E-state index contributed by atoms with van der Waals surface area (Å²) in [6.07, 6.45) is 8.19. The Balaban J connectivity index is 1.94. The van der Waals surface area contributed by atoms with E-state index < -0.39 is 0 Å². The van der Waals surface area contributed by atoms with Gasteiger partial charge in [0.15, 0.2) is 11.6 Å². The average molecular weight is 286 g/mol. The van der Waals surface area contributed by atoms with Gasteiger partial charge in [0.2, 0.25) is 0 Å².